The minimum absolute atomic E-state index is 0.101. The van der Waals surface area contributed by atoms with Gasteiger partial charge in [0.15, 0.2) is 0 Å². The van der Waals surface area contributed by atoms with E-state index in [2.05, 4.69) is 27.5 Å². The Morgan fingerprint density at radius 2 is 1.70 bits per heavy atom. The lowest BCUT2D eigenvalue weighted by molar-refractivity contribution is 0.0827. The number of hydrogen-bond donors (Lipinski definition) is 2. The topological polar surface area (TPSA) is 67.9 Å². The number of nitrogens with one attached hydrogen (secondary N) is 2. The predicted octanol–water partition coefficient (Wildman–Crippen LogP) is 2.50. The molecule has 1 atom stereocenters. The summed E-state index contributed by atoms with van der Waals surface area (Å²) in [6, 6.07) is 16.6. The van der Waals surface area contributed by atoms with Gasteiger partial charge in [0.05, 0.1) is 6.04 Å². The summed E-state index contributed by atoms with van der Waals surface area (Å²) in [6.45, 7) is 4.78. The van der Waals surface area contributed by atoms with Crippen LogP contribution in [0.2, 0.25) is 0 Å². The van der Waals surface area contributed by atoms with Crippen molar-refractivity contribution in [2.45, 2.75) is 6.04 Å². The average molecular weight is 410 g/mol. The molecule has 0 bridgehead atoms. The second-order valence-corrected chi connectivity index (χ2v) is 7.95. The standard InChI is InChI=1S/C23H31N5O2/c1-26(2)22(29)19-10-7-11-20(16-19)24-23(30)25-21(18-8-5-4-6-9-18)17-28-14-12-27(3)13-15-28/h4-11,16,21H,12-15,17H2,1-3H3,(H2,24,25,30). The first-order valence-corrected chi connectivity index (χ1v) is 10.3. The van der Waals surface area contributed by atoms with Crippen LogP contribution in [0, 0.1) is 0 Å². The van der Waals surface area contributed by atoms with Crippen molar-refractivity contribution in [1.82, 2.24) is 20.0 Å². The second kappa shape index (κ2) is 10.2. The Balaban J connectivity index is 1.67. The zero-order valence-electron chi connectivity index (χ0n) is 18.0. The molecule has 2 aromatic carbocycles. The SMILES string of the molecule is CN1CCN(CC(NC(=O)Nc2cccc(C(=O)N(C)C)c2)c2ccccc2)CC1. The van der Waals surface area contributed by atoms with Gasteiger partial charge >= 0.3 is 6.03 Å². The number of amides is 3. The van der Waals surface area contributed by atoms with Gasteiger partial charge in [-0.2, -0.15) is 0 Å². The summed E-state index contributed by atoms with van der Waals surface area (Å²) in [6.07, 6.45) is 0. The highest BCUT2D eigenvalue weighted by Crippen LogP contribution is 2.17. The number of hydrogen-bond acceptors (Lipinski definition) is 4. The van der Waals surface area contributed by atoms with Gasteiger partial charge in [-0.1, -0.05) is 36.4 Å². The van der Waals surface area contributed by atoms with E-state index in [1.165, 1.54) is 4.90 Å². The summed E-state index contributed by atoms with van der Waals surface area (Å²) >= 11 is 0. The van der Waals surface area contributed by atoms with Crippen molar-refractivity contribution in [3.05, 3.63) is 65.7 Å². The van der Waals surface area contributed by atoms with Crippen LogP contribution in [-0.4, -0.2) is 80.5 Å². The molecule has 7 nitrogen and oxygen atoms in total. The minimum Gasteiger partial charge on any atom is -0.345 e. The van der Waals surface area contributed by atoms with Crippen LogP contribution < -0.4 is 10.6 Å². The molecule has 1 fully saturated rings. The zero-order chi connectivity index (χ0) is 21.5. The van der Waals surface area contributed by atoms with E-state index >= 15 is 0 Å². The monoisotopic (exact) mass is 409 g/mol. The van der Waals surface area contributed by atoms with Gasteiger partial charge in [-0.3, -0.25) is 9.69 Å². The molecule has 2 aromatic rings. The lowest BCUT2D eigenvalue weighted by Gasteiger charge is -2.35. The van der Waals surface area contributed by atoms with Crippen molar-refractivity contribution in [3.8, 4) is 0 Å². The first kappa shape index (κ1) is 21.8. The van der Waals surface area contributed by atoms with Crippen molar-refractivity contribution in [2.24, 2.45) is 0 Å². The fraction of sp³-hybridized carbons (Fsp3) is 0.391. The number of piperazine rings is 1. The van der Waals surface area contributed by atoms with Gasteiger partial charge in [0.2, 0.25) is 0 Å². The number of rotatable bonds is 6. The average Bonchev–Trinajstić information content (AvgIpc) is 2.75. The van der Waals surface area contributed by atoms with Gasteiger partial charge < -0.3 is 20.4 Å². The molecule has 7 heteroatoms. The van der Waals surface area contributed by atoms with Gasteiger partial charge in [-0.25, -0.2) is 4.79 Å². The number of carbonyl (C=O) groups excluding carboxylic acids is 2. The maximum absolute atomic E-state index is 12.8. The molecule has 1 aliphatic rings. The number of nitrogens with zero attached hydrogens (tertiary/aromatic N) is 3. The Hall–Kier alpha value is -2.90. The largest absolute Gasteiger partial charge is 0.345 e. The van der Waals surface area contributed by atoms with E-state index in [0.29, 0.717) is 11.3 Å². The molecule has 1 unspecified atom stereocenters. The number of anilines is 1. The second-order valence-electron chi connectivity index (χ2n) is 7.95. The van der Waals surface area contributed by atoms with Crippen LogP contribution in [0.15, 0.2) is 54.6 Å². The maximum Gasteiger partial charge on any atom is 0.319 e. The van der Waals surface area contributed by atoms with Crippen molar-refractivity contribution in [2.75, 3.05) is 59.2 Å². The van der Waals surface area contributed by atoms with E-state index in [9.17, 15) is 9.59 Å². The van der Waals surface area contributed by atoms with E-state index in [4.69, 9.17) is 0 Å². The zero-order valence-corrected chi connectivity index (χ0v) is 18.0. The highest BCUT2D eigenvalue weighted by atomic mass is 16.2. The van der Waals surface area contributed by atoms with E-state index in [1.807, 2.05) is 30.3 Å². The van der Waals surface area contributed by atoms with Crippen LogP contribution in [0.5, 0.6) is 0 Å². The molecule has 3 amide bonds. The number of benzene rings is 2. The Labute approximate surface area is 178 Å². The van der Waals surface area contributed by atoms with Crippen molar-refractivity contribution < 1.29 is 9.59 Å². The highest BCUT2D eigenvalue weighted by molar-refractivity contribution is 5.96. The van der Waals surface area contributed by atoms with Crippen molar-refractivity contribution >= 4 is 17.6 Å². The first-order chi connectivity index (χ1) is 14.4. The summed E-state index contributed by atoms with van der Waals surface area (Å²) in [5.41, 5.74) is 2.20. The fourth-order valence-corrected chi connectivity index (χ4v) is 3.52. The Morgan fingerprint density at radius 1 is 1.00 bits per heavy atom. The van der Waals surface area contributed by atoms with E-state index in [1.54, 1.807) is 38.4 Å². The summed E-state index contributed by atoms with van der Waals surface area (Å²) in [5, 5.41) is 5.98. The van der Waals surface area contributed by atoms with E-state index < -0.39 is 0 Å². The van der Waals surface area contributed by atoms with E-state index in [0.717, 1.165) is 38.3 Å². The van der Waals surface area contributed by atoms with Crippen LogP contribution in [0.1, 0.15) is 22.0 Å². The summed E-state index contributed by atoms with van der Waals surface area (Å²) in [4.78, 5) is 31.2. The van der Waals surface area contributed by atoms with Gasteiger partial charge in [-0.15, -0.1) is 0 Å². The quantitative estimate of drug-likeness (QED) is 0.769. The molecular weight excluding hydrogens is 378 g/mol. The molecule has 1 saturated heterocycles. The first-order valence-electron chi connectivity index (χ1n) is 10.3. The third-order valence-corrected chi connectivity index (χ3v) is 5.32. The minimum atomic E-state index is -0.285. The summed E-state index contributed by atoms with van der Waals surface area (Å²) in [7, 11) is 5.54. The van der Waals surface area contributed by atoms with Crippen molar-refractivity contribution in [1.29, 1.82) is 0 Å². The summed E-state index contributed by atoms with van der Waals surface area (Å²) in [5.74, 6) is -0.101. The molecule has 1 aliphatic heterocycles. The molecule has 0 radical (unpaired) electrons. The van der Waals surface area contributed by atoms with Gasteiger partial charge in [-0.05, 0) is 30.8 Å². The Bertz CT molecular complexity index is 848. The Kier molecular flexibility index (Phi) is 7.43. The van der Waals surface area contributed by atoms with Gasteiger partial charge in [0.1, 0.15) is 0 Å². The number of carbonyl (C=O) groups is 2. The van der Waals surface area contributed by atoms with Gasteiger partial charge in [0.25, 0.3) is 5.91 Å². The molecule has 0 spiro atoms. The normalized spacial score (nSPS) is 16.0. The number of likely N-dealkylation sites (N-methyl/N-ethyl adjacent to an activating group) is 1. The lowest BCUT2D eigenvalue weighted by Crippen LogP contribution is -2.48. The molecule has 0 saturated carbocycles. The van der Waals surface area contributed by atoms with Crippen LogP contribution >= 0.6 is 0 Å². The molecule has 0 aliphatic carbocycles. The third kappa shape index (κ3) is 6.05. The molecule has 160 valence electrons. The molecule has 0 aromatic heterocycles. The lowest BCUT2D eigenvalue weighted by atomic mass is 10.1. The van der Waals surface area contributed by atoms with Crippen LogP contribution in [0.3, 0.4) is 0 Å². The van der Waals surface area contributed by atoms with Crippen LogP contribution in [0.25, 0.3) is 0 Å². The maximum atomic E-state index is 12.8. The van der Waals surface area contributed by atoms with Gasteiger partial charge in [0, 0.05) is 58.1 Å². The smallest absolute Gasteiger partial charge is 0.319 e. The van der Waals surface area contributed by atoms with E-state index in [-0.39, 0.29) is 18.0 Å². The molecule has 2 N–H and O–H groups in total. The predicted molar refractivity (Wildman–Crippen MR) is 120 cm³/mol. The molecule has 3 rings (SSSR count). The van der Waals surface area contributed by atoms with Crippen molar-refractivity contribution in [3.63, 3.8) is 0 Å². The fourth-order valence-electron chi connectivity index (χ4n) is 3.52. The number of urea groups is 1. The third-order valence-electron chi connectivity index (χ3n) is 5.32. The highest BCUT2D eigenvalue weighted by Gasteiger charge is 2.21. The summed E-state index contributed by atoms with van der Waals surface area (Å²) < 4.78 is 0. The Morgan fingerprint density at radius 3 is 2.37 bits per heavy atom. The molecule has 30 heavy (non-hydrogen) atoms. The van der Waals surface area contributed by atoms with Crippen LogP contribution in [0.4, 0.5) is 10.5 Å². The molecule has 1 heterocycles. The molecular formula is C23H31N5O2. The van der Waals surface area contributed by atoms with Crippen LogP contribution in [-0.2, 0) is 0 Å².